The maximum absolute atomic E-state index is 5.45. The molecule has 0 aliphatic heterocycles. The van der Waals surface area contributed by atoms with Gasteiger partial charge in [-0.25, -0.2) is 15.0 Å². The van der Waals surface area contributed by atoms with E-state index in [1.165, 1.54) is 44.5 Å². The molecule has 0 saturated heterocycles. The highest BCUT2D eigenvalue weighted by Gasteiger charge is 2.51. The van der Waals surface area contributed by atoms with Crippen molar-refractivity contribution >= 4 is 0 Å². The Morgan fingerprint density at radius 1 is 0.194 bits per heavy atom. The average molecular weight is 852 g/mol. The first kappa shape index (κ1) is 38.6. The quantitative estimate of drug-likeness (QED) is 0.160. The largest absolute Gasteiger partial charge is 0.208 e. The van der Waals surface area contributed by atoms with E-state index in [0.717, 1.165) is 61.2 Å². The van der Waals surface area contributed by atoms with Crippen LogP contribution < -0.4 is 0 Å². The first-order valence-electron chi connectivity index (χ1n) is 22.9. The second-order valence-electron chi connectivity index (χ2n) is 17.5. The minimum Gasteiger partial charge on any atom is -0.208 e. The summed E-state index contributed by atoms with van der Waals surface area (Å²) in [6.45, 7) is 0. The molecule has 1 heterocycles. The molecule has 0 atom stereocenters. The smallest absolute Gasteiger partial charge is 0.164 e. The Morgan fingerprint density at radius 2 is 0.478 bits per heavy atom. The number of nitrogens with zero attached hydrogens (tertiary/aromatic N) is 3. The van der Waals surface area contributed by atoms with Crippen molar-refractivity contribution in [1.82, 2.24) is 15.0 Å². The van der Waals surface area contributed by atoms with Crippen LogP contribution in [0, 0.1) is 0 Å². The Hall–Kier alpha value is -8.79. The van der Waals surface area contributed by atoms with Crippen LogP contribution in [-0.4, -0.2) is 15.0 Å². The van der Waals surface area contributed by atoms with E-state index in [1.54, 1.807) is 0 Å². The number of hydrogen-bond donors (Lipinski definition) is 0. The summed E-state index contributed by atoms with van der Waals surface area (Å²) in [6.07, 6.45) is 0. The van der Waals surface area contributed by atoms with Gasteiger partial charge in [0.1, 0.15) is 0 Å². The van der Waals surface area contributed by atoms with E-state index in [1.807, 2.05) is 0 Å². The highest BCUT2D eigenvalue weighted by Crippen LogP contribution is 2.63. The lowest BCUT2D eigenvalue weighted by atomic mass is 9.70. The maximum Gasteiger partial charge on any atom is 0.164 e. The van der Waals surface area contributed by atoms with Crippen molar-refractivity contribution < 1.29 is 0 Å². The fraction of sp³-hybridized carbons (Fsp3) is 0.0156. The molecule has 13 rings (SSSR count). The van der Waals surface area contributed by atoms with Crippen LogP contribution in [-0.2, 0) is 5.41 Å². The van der Waals surface area contributed by atoms with E-state index >= 15 is 0 Å². The van der Waals surface area contributed by atoms with Crippen molar-refractivity contribution in [2.24, 2.45) is 0 Å². The van der Waals surface area contributed by atoms with Gasteiger partial charge in [-0.3, -0.25) is 0 Å². The zero-order valence-electron chi connectivity index (χ0n) is 36.5. The molecule has 3 nitrogen and oxygen atoms in total. The topological polar surface area (TPSA) is 38.7 Å². The minimum absolute atomic E-state index is 0.440. The second kappa shape index (κ2) is 15.7. The third kappa shape index (κ3) is 6.39. The summed E-state index contributed by atoms with van der Waals surface area (Å²) >= 11 is 0. The summed E-state index contributed by atoms with van der Waals surface area (Å²) in [6, 6.07) is 89.4. The van der Waals surface area contributed by atoms with Gasteiger partial charge in [-0.2, -0.15) is 0 Å². The van der Waals surface area contributed by atoms with Crippen LogP contribution in [0.4, 0.5) is 0 Å². The molecule has 0 bridgehead atoms. The Morgan fingerprint density at radius 3 is 0.851 bits per heavy atom. The summed E-state index contributed by atoms with van der Waals surface area (Å²) in [5.41, 5.74) is 21.4. The van der Waals surface area contributed by atoms with Crippen molar-refractivity contribution in [3.63, 3.8) is 0 Å². The maximum atomic E-state index is 5.45. The van der Waals surface area contributed by atoms with Crippen molar-refractivity contribution in [2.75, 3.05) is 0 Å². The highest BCUT2D eigenvalue weighted by atomic mass is 15.0. The fourth-order valence-corrected chi connectivity index (χ4v) is 10.7. The molecule has 10 aromatic carbocycles. The lowest BCUT2D eigenvalue weighted by molar-refractivity contribution is 0.794. The van der Waals surface area contributed by atoms with Gasteiger partial charge in [0.25, 0.3) is 0 Å². The lowest BCUT2D eigenvalue weighted by Gasteiger charge is -2.30. The van der Waals surface area contributed by atoms with Gasteiger partial charge in [-0.05, 0) is 131 Å². The summed E-state index contributed by atoms with van der Waals surface area (Å²) in [5.74, 6) is 1.83. The third-order valence-corrected chi connectivity index (χ3v) is 13.7. The highest BCUT2D eigenvalue weighted by molar-refractivity contribution is 5.96. The predicted molar refractivity (Wildman–Crippen MR) is 274 cm³/mol. The van der Waals surface area contributed by atoms with Crippen LogP contribution in [0.5, 0.6) is 0 Å². The molecule has 0 unspecified atom stereocenters. The molecule has 3 heteroatoms. The molecule has 2 aliphatic carbocycles. The van der Waals surface area contributed by atoms with Crippen LogP contribution in [0.3, 0.4) is 0 Å². The van der Waals surface area contributed by atoms with Crippen molar-refractivity contribution in [1.29, 1.82) is 0 Å². The molecule has 67 heavy (non-hydrogen) atoms. The van der Waals surface area contributed by atoms with Gasteiger partial charge in [0, 0.05) is 16.7 Å². The second-order valence-corrected chi connectivity index (χ2v) is 17.5. The summed E-state index contributed by atoms with van der Waals surface area (Å²) < 4.78 is 0. The fourth-order valence-electron chi connectivity index (χ4n) is 10.7. The molecule has 0 saturated carbocycles. The monoisotopic (exact) mass is 851 g/mol. The van der Waals surface area contributed by atoms with Crippen molar-refractivity contribution in [2.45, 2.75) is 5.41 Å². The van der Waals surface area contributed by atoms with Gasteiger partial charge < -0.3 is 0 Å². The molecule has 0 amide bonds. The van der Waals surface area contributed by atoms with Gasteiger partial charge in [0.05, 0.1) is 5.41 Å². The third-order valence-electron chi connectivity index (χ3n) is 13.7. The van der Waals surface area contributed by atoms with Crippen molar-refractivity contribution in [3.05, 3.63) is 271 Å². The predicted octanol–water partition coefficient (Wildman–Crippen LogP) is 15.9. The summed E-state index contributed by atoms with van der Waals surface area (Å²) in [5, 5.41) is 0. The van der Waals surface area contributed by atoms with E-state index in [2.05, 4.69) is 249 Å². The number of hydrogen-bond acceptors (Lipinski definition) is 3. The van der Waals surface area contributed by atoms with Gasteiger partial charge in [0.15, 0.2) is 17.5 Å². The van der Waals surface area contributed by atoms with Crippen LogP contribution >= 0.6 is 0 Å². The van der Waals surface area contributed by atoms with E-state index in [9.17, 15) is 0 Å². The SMILES string of the molecule is c1ccc(-c2cc(-c3ccccc3)cc(-c3nc(-c4cc(-c5ccccc5)cc(-c5ccccc5)c4)nc(-c4ccc5c(c4)-c4ccccc4C54c5ccccc5-c5ccccc54)n3)c2)cc1. The molecule has 0 N–H and O–H groups in total. The number of aromatic nitrogens is 3. The number of benzene rings is 10. The summed E-state index contributed by atoms with van der Waals surface area (Å²) in [7, 11) is 0. The number of rotatable bonds is 7. The zero-order chi connectivity index (χ0) is 44.3. The first-order chi connectivity index (χ1) is 33.2. The van der Waals surface area contributed by atoms with Crippen LogP contribution in [0.15, 0.2) is 249 Å². The van der Waals surface area contributed by atoms with Crippen LogP contribution in [0.25, 0.3) is 101 Å². The Labute approximate surface area is 390 Å². The standard InChI is InChI=1S/C64H41N3/c1-5-19-42(20-6-1)47-35-48(43-21-7-2-8-22-43)38-51(37-47)62-65-61(66-63(67-62)52-39-49(44-23-9-3-10-24-44)36-50(40-52)45-25-11-4-12-26-45)46-33-34-60-56(41-46)55-29-15-18-32-59(55)64(60)57-30-16-13-27-53(57)54-28-14-17-31-58(54)64/h1-41H. The van der Waals surface area contributed by atoms with Gasteiger partial charge in [-0.15, -0.1) is 0 Å². The molecule has 312 valence electrons. The molecule has 11 aromatic rings. The zero-order valence-corrected chi connectivity index (χ0v) is 36.5. The normalized spacial score (nSPS) is 12.6. The minimum atomic E-state index is -0.440. The van der Waals surface area contributed by atoms with Gasteiger partial charge >= 0.3 is 0 Å². The van der Waals surface area contributed by atoms with Gasteiger partial charge in [0.2, 0.25) is 0 Å². The van der Waals surface area contributed by atoms with E-state index in [-0.39, 0.29) is 0 Å². The molecule has 0 radical (unpaired) electrons. The molecule has 2 aliphatic rings. The van der Waals surface area contributed by atoms with E-state index in [4.69, 9.17) is 15.0 Å². The Balaban J connectivity index is 1.06. The Bertz CT molecular complexity index is 3370. The summed E-state index contributed by atoms with van der Waals surface area (Å²) in [4.78, 5) is 16.3. The first-order valence-corrected chi connectivity index (χ1v) is 22.9. The average Bonchev–Trinajstić information content (AvgIpc) is 3.88. The van der Waals surface area contributed by atoms with E-state index in [0.29, 0.717) is 17.5 Å². The molecule has 0 fully saturated rings. The van der Waals surface area contributed by atoms with Crippen LogP contribution in [0.2, 0.25) is 0 Å². The molecular formula is C64H41N3. The molecule has 1 aromatic heterocycles. The molecule has 1 spiro atoms. The van der Waals surface area contributed by atoms with E-state index < -0.39 is 5.41 Å². The molecular weight excluding hydrogens is 811 g/mol. The Kier molecular flexibility index (Phi) is 9.07. The lowest BCUT2D eigenvalue weighted by Crippen LogP contribution is -2.25. The number of fused-ring (bicyclic) bond motifs is 10. The van der Waals surface area contributed by atoms with Gasteiger partial charge in [-0.1, -0.05) is 206 Å². The van der Waals surface area contributed by atoms with Crippen molar-refractivity contribution in [3.8, 4) is 101 Å². The van der Waals surface area contributed by atoms with Crippen LogP contribution in [0.1, 0.15) is 22.3 Å².